The molecule has 3 aromatic rings. The van der Waals surface area contributed by atoms with Gasteiger partial charge in [-0.05, 0) is 18.4 Å². The van der Waals surface area contributed by atoms with Gasteiger partial charge < -0.3 is 15.2 Å². The number of benzene rings is 1. The molecule has 0 radical (unpaired) electrons. The van der Waals surface area contributed by atoms with Crippen LogP contribution in [-0.2, 0) is 26.7 Å². The minimum Gasteiger partial charge on any atom is -0.350 e. The van der Waals surface area contributed by atoms with Gasteiger partial charge in [-0.3, -0.25) is 0 Å². The molecule has 0 atom stereocenters. The molecule has 2 N–H and O–H groups in total. The summed E-state index contributed by atoms with van der Waals surface area (Å²) in [5, 5.41) is 18.2. The molecule has 0 saturated heterocycles. The highest BCUT2D eigenvalue weighted by Gasteiger charge is 2.09. The summed E-state index contributed by atoms with van der Waals surface area (Å²) in [5.41, 5.74) is 2.29. The van der Waals surface area contributed by atoms with E-state index in [0.29, 0.717) is 25.6 Å². The van der Waals surface area contributed by atoms with Crippen LogP contribution >= 0.6 is 11.3 Å². The van der Waals surface area contributed by atoms with Gasteiger partial charge in [-0.1, -0.05) is 44.2 Å². The highest BCUT2D eigenvalue weighted by Crippen LogP contribution is 2.17. The molecular weight excluding hydrogens is 370 g/mol. The molecule has 7 nitrogen and oxygen atoms in total. The van der Waals surface area contributed by atoms with Crippen LogP contribution in [0.15, 0.2) is 40.7 Å². The van der Waals surface area contributed by atoms with Gasteiger partial charge in [0, 0.05) is 12.4 Å². The molecule has 148 valence electrons. The Bertz CT molecular complexity index is 912. The maximum atomic E-state index is 4.72. The van der Waals surface area contributed by atoms with Crippen molar-refractivity contribution < 1.29 is 0 Å². The third-order valence-electron chi connectivity index (χ3n) is 4.43. The average Bonchev–Trinajstić information content (AvgIpc) is 3.30. The maximum absolute atomic E-state index is 4.72. The standard InChI is InChI=1S/C20H27N7S/c1-14(2)17-13-28-19(24-17)12-23-20(21-10-16-8-6-5-7-9-16)22-11-18-26-25-15(3)27(18)4/h5-9,13-14H,10-12H2,1-4H3,(H2,21,22,23). The molecule has 0 saturated carbocycles. The van der Waals surface area contributed by atoms with Crippen LogP contribution in [0, 0.1) is 6.92 Å². The van der Waals surface area contributed by atoms with E-state index in [4.69, 9.17) is 4.99 Å². The highest BCUT2D eigenvalue weighted by molar-refractivity contribution is 7.09. The van der Waals surface area contributed by atoms with Crippen LogP contribution in [0.1, 0.15) is 47.7 Å². The van der Waals surface area contributed by atoms with E-state index in [-0.39, 0.29) is 0 Å². The monoisotopic (exact) mass is 397 g/mol. The summed E-state index contributed by atoms with van der Waals surface area (Å²) in [4.78, 5) is 9.40. The van der Waals surface area contributed by atoms with Crippen molar-refractivity contribution in [2.75, 3.05) is 0 Å². The number of hydrogen-bond acceptors (Lipinski definition) is 5. The van der Waals surface area contributed by atoms with Gasteiger partial charge in [0.2, 0.25) is 0 Å². The van der Waals surface area contributed by atoms with Crippen molar-refractivity contribution in [3.63, 3.8) is 0 Å². The molecule has 3 rings (SSSR count). The quantitative estimate of drug-likeness (QED) is 0.473. The van der Waals surface area contributed by atoms with Crippen LogP contribution in [0.25, 0.3) is 0 Å². The topological polar surface area (TPSA) is 80.0 Å². The lowest BCUT2D eigenvalue weighted by molar-refractivity contribution is 0.712. The minimum atomic E-state index is 0.438. The molecule has 0 unspecified atom stereocenters. The molecule has 0 fully saturated rings. The second kappa shape index (κ2) is 9.45. The van der Waals surface area contributed by atoms with Crippen molar-refractivity contribution in [1.82, 2.24) is 30.4 Å². The minimum absolute atomic E-state index is 0.438. The van der Waals surface area contributed by atoms with Gasteiger partial charge in [-0.15, -0.1) is 21.5 Å². The lowest BCUT2D eigenvalue weighted by Crippen LogP contribution is -2.37. The molecule has 0 bridgehead atoms. The molecule has 8 heteroatoms. The predicted octanol–water partition coefficient (Wildman–Crippen LogP) is 3.14. The van der Waals surface area contributed by atoms with E-state index in [2.05, 4.69) is 57.2 Å². The second-order valence-corrected chi connectivity index (χ2v) is 7.84. The largest absolute Gasteiger partial charge is 0.350 e. The average molecular weight is 398 g/mol. The first kappa shape index (κ1) is 20.0. The Labute approximate surface area is 170 Å². The number of aromatic nitrogens is 4. The maximum Gasteiger partial charge on any atom is 0.192 e. The number of nitrogens with zero attached hydrogens (tertiary/aromatic N) is 5. The number of hydrogen-bond donors (Lipinski definition) is 2. The highest BCUT2D eigenvalue weighted by atomic mass is 32.1. The Balaban J connectivity index is 1.66. The van der Waals surface area contributed by atoms with E-state index in [1.54, 1.807) is 11.3 Å². The molecule has 0 amide bonds. The molecule has 0 spiro atoms. The van der Waals surface area contributed by atoms with Crippen molar-refractivity contribution in [2.45, 2.75) is 46.3 Å². The molecule has 28 heavy (non-hydrogen) atoms. The molecule has 2 aromatic heterocycles. The number of aliphatic imine (C=N–C) groups is 1. The third-order valence-corrected chi connectivity index (χ3v) is 5.29. The van der Waals surface area contributed by atoms with Crippen LogP contribution in [0.2, 0.25) is 0 Å². The normalized spacial score (nSPS) is 11.8. The second-order valence-electron chi connectivity index (χ2n) is 6.90. The van der Waals surface area contributed by atoms with Gasteiger partial charge in [0.15, 0.2) is 11.8 Å². The van der Waals surface area contributed by atoms with Crippen LogP contribution in [-0.4, -0.2) is 25.7 Å². The zero-order chi connectivity index (χ0) is 19.9. The van der Waals surface area contributed by atoms with Gasteiger partial charge in [0.25, 0.3) is 0 Å². The SMILES string of the molecule is Cc1nnc(CNC(=NCc2ccccc2)NCc2nc(C(C)C)cs2)n1C. The van der Waals surface area contributed by atoms with Gasteiger partial charge in [0.1, 0.15) is 10.8 Å². The molecule has 2 heterocycles. The van der Waals surface area contributed by atoms with Crippen molar-refractivity contribution in [3.8, 4) is 0 Å². The fraction of sp³-hybridized carbons (Fsp3) is 0.400. The molecule has 0 aliphatic rings. The summed E-state index contributed by atoms with van der Waals surface area (Å²) < 4.78 is 1.97. The van der Waals surface area contributed by atoms with E-state index in [0.717, 1.165) is 33.9 Å². The van der Waals surface area contributed by atoms with Crippen molar-refractivity contribution in [2.24, 2.45) is 12.0 Å². The number of nitrogens with one attached hydrogen (secondary N) is 2. The Morgan fingerprint density at radius 3 is 2.54 bits per heavy atom. The first-order valence-electron chi connectivity index (χ1n) is 9.38. The summed E-state index contributed by atoms with van der Waals surface area (Å²) in [6, 6.07) is 10.2. The van der Waals surface area contributed by atoms with Crippen LogP contribution in [0.3, 0.4) is 0 Å². The lowest BCUT2D eigenvalue weighted by atomic mass is 10.2. The van der Waals surface area contributed by atoms with E-state index in [1.807, 2.05) is 36.7 Å². The third kappa shape index (κ3) is 5.39. The first-order valence-corrected chi connectivity index (χ1v) is 10.3. The van der Waals surface area contributed by atoms with Crippen LogP contribution in [0.4, 0.5) is 0 Å². The van der Waals surface area contributed by atoms with E-state index >= 15 is 0 Å². The summed E-state index contributed by atoms with van der Waals surface area (Å²) in [6.45, 7) is 8.03. The van der Waals surface area contributed by atoms with Crippen LogP contribution < -0.4 is 10.6 Å². The fourth-order valence-corrected chi connectivity index (χ4v) is 3.42. The first-order chi connectivity index (χ1) is 13.5. The Morgan fingerprint density at radius 1 is 1.14 bits per heavy atom. The predicted molar refractivity (Wildman–Crippen MR) is 113 cm³/mol. The fourth-order valence-electron chi connectivity index (χ4n) is 2.53. The molecule has 1 aromatic carbocycles. The summed E-state index contributed by atoms with van der Waals surface area (Å²) in [5.74, 6) is 2.92. The summed E-state index contributed by atoms with van der Waals surface area (Å²) in [6.07, 6.45) is 0. The number of aryl methyl sites for hydroxylation is 1. The number of rotatable bonds is 7. The Hall–Kier alpha value is -2.74. The molecular formula is C20H27N7S. The van der Waals surface area contributed by atoms with Gasteiger partial charge in [-0.25, -0.2) is 9.98 Å². The Morgan fingerprint density at radius 2 is 1.89 bits per heavy atom. The van der Waals surface area contributed by atoms with Crippen molar-refractivity contribution in [1.29, 1.82) is 0 Å². The van der Waals surface area contributed by atoms with E-state index in [9.17, 15) is 0 Å². The lowest BCUT2D eigenvalue weighted by Gasteiger charge is -2.12. The number of guanidine groups is 1. The van der Waals surface area contributed by atoms with Crippen molar-refractivity contribution >= 4 is 17.3 Å². The zero-order valence-corrected chi connectivity index (χ0v) is 17.6. The van der Waals surface area contributed by atoms with E-state index < -0.39 is 0 Å². The molecule has 0 aliphatic carbocycles. The number of thiazole rings is 1. The van der Waals surface area contributed by atoms with Crippen molar-refractivity contribution in [3.05, 3.63) is 63.6 Å². The van der Waals surface area contributed by atoms with Gasteiger partial charge in [-0.2, -0.15) is 0 Å². The van der Waals surface area contributed by atoms with E-state index in [1.165, 1.54) is 0 Å². The summed E-state index contributed by atoms with van der Waals surface area (Å²) in [7, 11) is 1.96. The Kier molecular flexibility index (Phi) is 6.76. The van der Waals surface area contributed by atoms with Crippen LogP contribution in [0.5, 0.6) is 0 Å². The molecule has 0 aliphatic heterocycles. The van der Waals surface area contributed by atoms with Gasteiger partial charge >= 0.3 is 0 Å². The zero-order valence-electron chi connectivity index (χ0n) is 16.8. The summed E-state index contributed by atoms with van der Waals surface area (Å²) >= 11 is 1.67. The van der Waals surface area contributed by atoms with Gasteiger partial charge in [0.05, 0.1) is 25.3 Å². The smallest absolute Gasteiger partial charge is 0.192 e.